The topological polar surface area (TPSA) is 114 Å². The fraction of sp³-hybridized carbons (Fsp3) is 0.318. The van der Waals surface area contributed by atoms with Crippen molar-refractivity contribution in [2.75, 3.05) is 6.61 Å². The number of fused-ring (bicyclic) bond motifs is 2. The van der Waals surface area contributed by atoms with E-state index in [0.29, 0.717) is 39.0 Å². The van der Waals surface area contributed by atoms with Crippen LogP contribution in [0.4, 0.5) is 4.79 Å². The molecule has 0 unspecified atom stereocenters. The first-order chi connectivity index (χ1) is 14.7. The summed E-state index contributed by atoms with van der Waals surface area (Å²) in [4.78, 5) is 50.1. The first-order valence-electron chi connectivity index (χ1n) is 9.87. The molecule has 160 valence electrons. The van der Waals surface area contributed by atoms with Crippen LogP contribution in [-0.4, -0.2) is 50.0 Å². The maximum absolute atomic E-state index is 12.7. The average Bonchev–Trinajstić information content (AvgIpc) is 3.28. The molecule has 1 aliphatic heterocycles. The van der Waals surface area contributed by atoms with Crippen molar-refractivity contribution in [2.45, 2.75) is 39.8 Å². The second-order valence-electron chi connectivity index (χ2n) is 8.11. The van der Waals surface area contributed by atoms with Gasteiger partial charge in [0.1, 0.15) is 17.6 Å². The Kier molecular flexibility index (Phi) is 4.96. The summed E-state index contributed by atoms with van der Waals surface area (Å²) in [7, 11) is 0. The van der Waals surface area contributed by atoms with E-state index in [2.05, 4.69) is 15.0 Å². The Hall–Kier alpha value is -3.75. The van der Waals surface area contributed by atoms with Crippen molar-refractivity contribution in [3.8, 4) is 11.3 Å². The molecule has 1 aromatic carbocycles. The molecule has 1 aliphatic rings. The Morgan fingerprint density at radius 1 is 1.23 bits per heavy atom. The number of hydrogen-bond donors (Lipinski definition) is 1. The first-order valence-corrected chi connectivity index (χ1v) is 9.87. The highest BCUT2D eigenvalue weighted by molar-refractivity contribution is 6.09. The number of benzene rings is 1. The van der Waals surface area contributed by atoms with Gasteiger partial charge in [-0.15, -0.1) is 0 Å². The fourth-order valence-electron chi connectivity index (χ4n) is 3.48. The van der Waals surface area contributed by atoms with Gasteiger partial charge in [-0.25, -0.2) is 24.5 Å². The normalized spacial score (nSPS) is 13.4. The van der Waals surface area contributed by atoms with E-state index in [1.807, 2.05) is 0 Å². The lowest BCUT2D eigenvalue weighted by atomic mass is 10.0. The van der Waals surface area contributed by atoms with Crippen molar-refractivity contribution < 1.29 is 23.9 Å². The SMILES string of the molecule is CCOC(=O)c1c[nH]c2ncnc(-c3ccc4c(c3)CN(C(=O)OC(C)(C)C)C4=O)c12. The van der Waals surface area contributed by atoms with E-state index < -0.39 is 23.6 Å². The zero-order valence-corrected chi connectivity index (χ0v) is 17.7. The highest BCUT2D eigenvalue weighted by atomic mass is 16.6. The van der Waals surface area contributed by atoms with E-state index in [-0.39, 0.29) is 13.2 Å². The molecular weight excluding hydrogens is 400 g/mol. The van der Waals surface area contributed by atoms with Crippen LogP contribution in [0.1, 0.15) is 54.0 Å². The van der Waals surface area contributed by atoms with Crippen LogP contribution in [0.15, 0.2) is 30.7 Å². The van der Waals surface area contributed by atoms with Crippen molar-refractivity contribution in [1.82, 2.24) is 19.9 Å². The van der Waals surface area contributed by atoms with Gasteiger partial charge in [0.15, 0.2) is 0 Å². The Bertz CT molecular complexity index is 1210. The number of esters is 1. The quantitative estimate of drug-likeness (QED) is 0.640. The van der Waals surface area contributed by atoms with Crippen LogP contribution < -0.4 is 0 Å². The maximum atomic E-state index is 12.7. The third-order valence-electron chi connectivity index (χ3n) is 4.76. The number of carbonyl (C=O) groups is 3. The molecule has 0 fully saturated rings. The third-order valence-corrected chi connectivity index (χ3v) is 4.76. The van der Waals surface area contributed by atoms with E-state index in [0.717, 1.165) is 4.90 Å². The lowest BCUT2D eigenvalue weighted by Gasteiger charge is -2.23. The van der Waals surface area contributed by atoms with Gasteiger partial charge < -0.3 is 14.5 Å². The number of carbonyl (C=O) groups excluding carboxylic acids is 3. The molecule has 9 nitrogen and oxygen atoms in total. The predicted octanol–water partition coefficient (Wildman–Crippen LogP) is 3.69. The highest BCUT2D eigenvalue weighted by Crippen LogP contribution is 2.33. The number of aromatic nitrogens is 3. The lowest BCUT2D eigenvalue weighted by molar-refractivity contribution is 0.0247. The van der Waals surface area contributed by atoms with E-state index in [4.69, 9.17) is 9.47 Å². The minimum Gasteiger partial charge on any atom is -0.462 e. The molecule has 3 aromatic rings. The van der Waals surface area contributed by atoms with Gasteiger partial charge in [-0.05, 0) is 45.4 Å². The number of hydrogen-bond acceptors (Lipinski definition) is 7. The molecule has 0 saturated heterocycles. The third kappa shape index (κ3) is 3.74. The van der Waals surface area contributed by atoms with Crippen LogP contribution in [0.25, 0.3) is 22.3 Å². The van der Waals surface area contributed by atoms with E-state index >= 15 is 0 Å². The van der Waals surface area contributed by atoms with Crippen molar-refractivity contribution in [3.63, 3.8) is 0 Å². The molecule has 9 heteroatoms. The Labute approximate surface area is 178 Å². The summed E-state index contributed by atoms with van der Waals surface area (Å²) in [6, 6.07) is 5.18. The van der Waals surface area contributed by atoms with Crippen molar-refractivity contribution in [3.05, 3.63) is 47.4 Å². The number of nitrogens with one attached hydrogen (secondary N) is 1. The van der Waals surface area contributed by atoms with Crippen LogP contribution >= 0.6 is 0 Å². The van der Waals surface area contributed by atoms with Gasteiger partial charge in [-0.3, -0.25) is 4.79 Å². The minimum atomic E-state index is -0.707. The van der Waals surface area contributed by atoms with Crippen LogP contribution in [0.2, 0.25) is 0 Å². The van der Waals surface area contributed by atoms with E-state index in [1.165, 1.54) is 6.33 Å². The van der Waals surface area contributed by atoms with Gasteiger partial charge in [0, 0.05) is 17.3 Å². The molecule has 0 aliphatic carbocycles. The van der Waals surface area contributed by atoms with Crippen molar-refractivity contribution in [2.24, 2.45) is 0 Å². The van der Waals surface area contributed by atoms with Gasteiger partial charge in [-0.2, -0.15) is 0 Å². The number of amides is 2. The van der Waals surface area contributed by atoms with Gasteiger partial charge >= 0.3 is 12.1 Å². The molecule has 0 radical (unpaired) electrons. The second-order valence-corrected chi connectivity index (χ2v) is 8.11. The summed E-state index contributed by atoms with van der Waals surface area (Å²) in [6.45, 7) is 7.32. The molecule has 2 amide bonds. The summed E-state index contributed by atoms with van der Waals surface area (Å²) < 4.78 is 10.5. The highest BCUT2D eigenvalue weighted by Gasteiger charge is 2.35. The van der Waals surface area contributed by atoms with Crippen LogP contribution in [0, 0.1) is 0 Å². The molecular formula is C22H22N4O5. The van der Waals surface area contributed by atoms with Gasteiger partial charge in [0.05, 0.1) is 29.8 Å². The van der Waals surface area contributed by atoms with Gasteiger partial charge in [-0.1, -0.05) is 6.07 Å². The summed E-state index contributed by atoms with van der Waals surface area (Å²) in [5, 5.41) is 0.536. The number of imide groups is 1. The molecule has 3 heterocycles. The summed E-state index contributed by atoms with van der Waals surface area (Å²) in [5.74, 6) is -0.880. The zero-order chi connectivity index (χ0) is 22.3. The number of ether oxygens (including phenoxy) is 2. The molecule has 4 rings (SSSR count). The van der Waals surface area contributed by atoms with Crippen molar-refractivity contribution >= 4 is 29.0 Å². The summed E-state index contributed by atoms with van der Waals surface area (Å²) in [6.07, 6.45) is 2.26. The minimum absolute atomic E-state index is 0.100. The van der Waals surface area contributed by atoms with Crippen LogP contribution in [-0.2, 0) is 16.0 Å². The van der Waals surface area contributed by atoms with E-state index in [9.17, 15) is 14.4 Å². The molecule has 2 aromatic heterocycles. The Morgan fingerprint density at radius 2 is 2.00 bits per heavy atom. The second kappa shape index (κ2) is 7.50. The fourth-order valence-corrected chi connectivity index (χ4v) is 3.48. The molecule has 0 bridgehead atoms. The van der Waals surface area contributed by atoms with E-state index in [1.54, 1.807) is 52.1 Å². The number of nitrogens with zero attached hydrogens (tertiary/aromatic N) is 3. The Morgan fingerprint density at radius 3 is 2.71 bits per heavy atom. The standard InChI is InChI=1S/C22H22N4O5/c1-5-30-20(28)15-9-23-18-16(15)17(24-11-25-18)12-6-7-14-13(8-12)10-26(19(14)27)21(29)31-22(2,3)4/h6-9,11H,5,10H2,1-4H3,(H,23,24,25). The average molecular weight is 422 g/mol. The zero-order valence-electron chi connectivity index (χ0n) is 17.7. The summed E-state index contributed by atoms with van der Waals surface area (Å²) >= 11 is 0. The van der Waals surface area contributed by atoms with Gasteiger partial charge in [0.2, 0.25) is 0 Å². The number of H-pyrrole nitrogens is 1. The predicted molar refractivity (Wildman–Crippen MR) is 111 cm³/mol. The van der Waals surface area contributed by atoms with Crippen LogP contribution in [0.3, 0.4) is 0 Å². The molecule has 31 heavy (non-hydrogen) atoms. The molecule has 0 atom stereocenters. The number of aromatic amines is 1. The maximum Gasteiger partial charge on any atom is 0.417 e. The van der Waals surface area contributed by atoms with Crippen LogP contribution in [0.5, 0.6) is 0 Å². The molecule has 0 saturated carbocycles. The van der Waals surface area contributed by atoms with Gasteiger partial charge in [0.25, 0.3) is 5.91 Å². The first kappa shape index (κ1) is 20.5. The molecule has 1 N–H and O–H groups in total. The summed E-state index contributed by atoms with van der Waals surface area (Å²) in [5.41, 5.74) is 2.45. The van der Waals surface area contributed by atoms with Crippen molar-refractivity contribution in [1.29, 1.82) is 0 Å². The number of rotatable bonds is 3. The molecule has 0 spiro atoms. The monoisotopic (exact) mass is 422 g/mol. The lowest BCUT2D eigenvalue weighted by Crippen LogP contribution is -2.36. The Balaban J connectivity index is 1.72. The largest absolute Gasteiger partial charge is 0.462 e. The smallest absolute Gasteiger partial charge is 0.417 e.